The molecule has 0 aliphatic carbocycles. The highest BCUT2D eigenvalue weighted by atomic mass is 16.2. The minimum absolute atomic E-state index is 0.0613. The van der Waals surface area contributed by atoms with Gasteiger partial charge in [-0.05, 0) is 30.5 Å². The van der Waals surface area contributed by atoms with Crippen LogP contribution in [0.5, 0.6) is 0 Å². The summed E-state index contributed by atoms with van der Waals surface area (Å²) in [4.78, 5) is 37.9. The highest BCUT2D eigenvalue weighted by molar-refractivity contribution is 5.95. The van der Waals surface area contributed by atoms with Gasteiger partial charge >= 0.3 is 0 Å². The molecular weight excluding hydrogens is 354 g/mol. The van der Waals surface area contributed by atoms with E-state index >= 15 is 0 Å². The van der Waals surface area contributed by atoms with Crippen molar-refractivity contribution in [3.8, 4) is 0 Å². The van der Waals surface area contributed by atoms with Gasteiger partial charge in [-0.25, -0.2) is 0 Å². The number of hydrogen-bond acceptors (Lipinski definition) is 3. The lowest BCUT2D eigenvalue weighted by Gasteiger charge is -2.22. The van der Waals surface area contributed by atoms with E-state index in [1.54, 1.807) is 7.05 Å². The van der Waals surface area contributed by atoms with E-state index in [9.17, 15) is 14.4 Å². The molecule has 0 heterocycles. The maximum atomic E-state index is 12.6. The minimum Gasteiger partial charge on any atom is -0.349 e. The summed E-state index contributed by atoms with van der Waals surface area (Å²) in [6, 6.07) is 14.7. The summed E-state index contributed by atoms with van der Waals surface area (Å²) in [5.41, 5.74) is 3.56. The van der Waals surface area contributed by atoms with Crippen LogP contribution in [0.2, 0.25) is 0 Å². The van der Waals surface area contributed by atoms with Crippen LogP contribution in [-0.4, -0.2) is 36.2 Å². The quantitative estimate of drug-likeness (QED) is 0.774. The van der Waals surface area contributed by atoms with E-state index in [-0.39, 0.29) is 30.7 Å². The van der Waals surface area contributed by atoms with Crippen molar-refractivity contribution in [3.05, 3.63) is 65.2 Å². The van der Waals surface area contributed by atoms with Crippen molar-refractivity contribution in [1.82, 2.24) is 10.2 Å². The molecule has 28 heavy (non-hydrogen) atoms. The molecule has 0 spiro atoms. The second-order valence-electron chi connectivity index (χ2n) is 6.93. The Morgan fingerprint density at radius 2 is 1.57 bits per heavy atom. The molecular formula is C22H27N3O3. The number of benzene rings is 2. The molecule has 0 aliphatic heterocycles. The van der Waals surface area contributed by atoms with Crippen LogP contribution in [0.1, 0.15) is 36.1 Å². The summed E-state index contributed by atoms with van der Waals surface area (Å²) >= 11 is 0. The zero-order chi connectivity index (χ0) is 20.7. The molecule has 2 aromatic rings. The molecule has 0 bridgehead atoms. The van der Waals surface area contributed by atoms with Gasteiger partial charge in [-0.3, -0.25) is 14.4 Å². The van der Waals surface area contributed by atoms with Crippen LogP contribution in [0.4, 0.5) is 5.69 Å². The Hall–Kier alpha value is -3.15. The topological polar surface area (TPSA) is 78.5 Å². The lowest BCUT2D eigenvalue weighted by molar-refractivity contribution is -0.134. The summed E-state index contributed by atoms with van der Waals surface area (Å²) in [7, 11) is 1.59. The second-order valence-corrected chi connectivity index (χ2v) is 6.93. The molecule has 0 saturated carbocycles. The molecule has 0 fully saturated rings. The van der Waals surface area contributed by atoms with Crippen molar-refractivity contribution in [1.29, 1.82) is 0 Å². The summed E-state index contributed by atoms with van der Waals surface area (Å²) in [6.07, 6.45) is 0.0801. The Bertz CT molecular complexity index is 829. The smallest absolute Gasteiger partial charge is 0.243 e. The van der Waals surface area contributed by atoms with Crippen molar-refractivity contribution >= 4 is 23.4 Å². The molecule has 0 aromatic heterocycles. The monoisotopic (exact) mass is 381 g/mol. The standard InChI is InChI=1S/C22H27N3O3/c1-15-9-8-10-16(2)22(15)24-20(27)14-25(4)21(28)13-19(23-17(3)26)18-11-6-5-7-12-18/h5-12,19H,13-14H2,1-4H3,(H,23,26)(H,24,27). The van der Waals surface area contributed by atoms with Gasteiger partial charge in [0.1, 0.15) is 0 Å². The predicted molar refractivity (Wildman–Crippen MR) is 110 cm³/mol. The average molecular weight is 381 g/mol. The molecule has 0 saturated heterocycles. The van der Waals surface area contributed by atoms with Gasteiger partial charge in [-0.15, -0.1) is 0 Å². The molecule has 3 amide bonds. The Kier molecular flexibility index (Phi) is 7.32. The molecule has 2 rings (SSSR count). The van der Waals surface area contributed by atoms with Crippen molar-refractivity contribution in [3.63, 3.8) is 0 Å². The Balaban J connectivity index is 2.00. The fourth-order valence-corrected chi connectivity index (χ4v) is 3.01. The molecule has 148 valence electrons. The molecule has 2 N–H and O–H groups in total. The first-order valence-electron chi connectivity index (χ1n) is 9.20. The molecule has 6 nitrogen and oxygen atoms in total. The van der Waals surface area contributed by atoms with Gasteiger partial charge in [0, 0.05) is 19.7 Å². The summed E-state index contributed by atoms with van der Waals surface area (Å²) in [6.45, 7) is 5.21. The third-order valence-corrected chi connectivity index (χ3v) is 4.51. The van der Waals surface area contributed by atoms with Crippen molar-refractivity contribution < 1.29 is 14.4 Å². The number of amides is 3. The maximum Gasteiger partial charge on any atom is 0.243 e. The van der Waals surface area contributed by atoms with Gasteiger partial charge in [0.2, 0.25) is 17.7 Å². The summed E-state index contributed by atoms with van der Waals surface area (Å²) in [5, 5.41) is 5.68. The van der Waals surface area contributed by atoms with Crippen LogP contribution in [0, 0.1) is 13.8 Å². The number of nitrogens with one attached hydrogen (secondary N) is 2. The van der Waals surface area contributed by atoms with Crippen LogP contribution in [0.15, 0.2) is 48.5 Å². The van der Waals surface area contributed by atoms with E-state index in [1.807, 2.05) is 62.4 Å². The number of carbonyl (C=O) groups excluding carboxylic acids is 3. The number of hydrogen-bond donors (Lipinski definition) is 2. The molecule has 2 aromatic carbocycles. The second kappa shape index (κ2) is 9.69. The van der Waals surface area contributed by atoms with Crippen LogP contribution in [0.25, 0.3) is 0 Å². The van der Waals surface area contributed by atoms with E-state index in [4.69, 9.17) is 0 Å². The average Bonchev–Trinajstić information content (AvgIpc) is 2.64. The molecule has 0 aliphatic rings. The predicted octanol–water partition coefficient (Wildman–Crippen LogP) is 2.97. The molecule has 6 heteroatoms. The third-order valence-electron chi connectivity index (χ3n) is 4.51. The number of rotatable bonds is 7. The third kappa shape index (κ3) is 5.94. The van der Waals surface area contributed by atoms with Crippen LogP contribution >= 0.6 is 0 Å². The molecule has 1 unspecified atom stereocenters. The number of para-hydroxylation sites is 1. The number of carbonyl (C=O) groups is 3. The van der Waals surface area contributed by atoms with E-state index in [2.05, 4.69) is 10.6 Å². The first-order chi connectivity index (χ1) is 13.3. The van der Waals surface area contributed by atoms with Crippen LogP contribution in [0.3, 0.4) is 0 Å². The van der Waals surface area contributed by atoms with Gasteiger partial charge in [0.15, 0.2) is 0 Å². The Morgan fingerprint density at radius 1 is 0.964 bits per heavy atom. The normalized spacial score (nSPS) is 11.4. The van der Waals surface area contributed by atoms with Gasteiger partial charge in [-0.1, -0.05) is 48.5 Å². The lowest BCUT2D eigenvalue weighted by Crippen LogP contribution is -2.38. The van der Waals surface area contributed by atoms with Gasteiger partial charge in [0.05, 0.1) is 19.0 Å². The first kappa shape index (κ1) is 21.2. The maximum absolute atomic E-state index is 12.6. The van der Waals surface area contributed by atoms with E-state index in [1.165, 1.54) is 11.8 Å². The number of anilines is 1. The number of nitrogens with zero attached hydrogens (tertiary/aromatic N) is 1. The zero-order valence-electron chi connectivity index (χ0n) is 16.8. The Morgan fingerprint density at radius 3 is 2.14 bits per heavy atom. The summed E-state index contributed by atoms with van der Waals surface area (Å²) in [5.74, 6) is -0.694. The van der Waals surface area contributed by atoms with Crippen LogP contribution < -0.4 is 10.6 Å². The first-order valence-corrected chi connectivity index (χ1v) is 9.20. The minimum atomic E-state index is -0.435. The van der Waals surface area contributed by atoms with E-state index < -0.39 is 6.04 Å². The SMILES string of the molecule is CC(=O)NC(CC(=O)N(C)CC(=O)Nc1c(C)cccc1C)c1ccccc1. The number of aryl methyl sites for hydroxylation is 2. The van der Waals surface area contributed by atoms with Gasteiger partial charge in [-0.2, -0.15) is 0 Å². The van der Waals surface area contributed by atoms with Crippen molar-refractivity contribution in [2.24, 2.45) is 0 Å². The van der Waals surface area contributed by atoms with E-state index in [0.29, 0.717) is 0 Å². The fraction of sp³-hybridized carbons (Fsp3) is 0.318. The summed E-state index contributed by atoms with van der Waals surface area (Å²) < 4.78 is 0. The van der Waals surface area contributed by atoms with Crippen molar-refractivity contribution in [2.75, 3.05) is 18.9 Å². The van der Waals surface area contributed by atoms with Crippen LogP contribution in [-0.2, 0) is 14.4 Å². The highest BCUT2D eigenvalue weighted by Gasteiger charge is 2.21. The fourth-order valence-electron chi connectivity index (χ4n) is 3.01. The molecule has 0 radical (unpaired) electrons. The Labute approximate surface area is 165 Å². The van der Waals surface area contributed by atoms with Crippen molar-refractivity contribution in [2.45, 2.75) is 33.2 Å². The molecule has 1 atom stereocenters. The van der Waals surface area contributed by atoms with Gasteiger partial charge < -0.3 is 15.5 Å². The lowest BCUT2D eigenvalue weighted by atomic mass is 10.0. The highest BCUT2D eigenvalue weighted by Crippen LogP contribution is 2.20. The van der Waals surface area contributed by atoms with E-state index in [0.717, 1.165) is 22.4 Å². The number of likely N-dealkylation sites (N-methyl/N-ethyl adjacent to an activating group) is 1. The zero-order valence-corrected chi connectivity index (χ0v) is 16.8. The largest absolute Gasteiger partial charge is 0.349 e. The van der Waals surface area contributed by atoms with Gasteiger partial charge in [0.25, 0.3) is 0 Å².